The highest BCUT2D eigenvalue weighted by atomic mass is 16.5. The number of carbonyl (C=O) groups is 1. The van der Waals surface area contributed by atoms with Crippen LogP contribution in [-0.4, -0.2) is 30.3 Å². The number of nitrogens with zero attached hydrogens (tertiary/aromatic N) is 2. The van der Waals surface area contributed by atoms with Gasteiger partial charge >= 0.3 is 0 Å². The van der Waals surface area contributed by atoms with E-state index in [4.69, 9.17) is 9.47 Å². The van der Waals surface area contributed by atoms with E-state index in [0.717, 1.165) is 5.56 Å². The maximum Gasteiger partial charge on any atom is 0.277 e. The van der Waals surface area contributed by atoms with Gasteiger partial charge < -0.3 is 9.47 Å². The standard InChI is InChI=1S/C16H17N3O3/c1-2-21-14-5-3-4-6-15(14)22-12-16(20)19-18-11-13-7-9-17-10-8-13/h3-11H,2,12H2,1H3,(H,19,20). The molecule has 114 valence electrons. The summed E-state index contributed by atoms with van der Waals surface area (Å²) in [5.74, 6) is 0.785. The molecule has 0 unspecified atom stereocenters. The predicted molar refractivity (Wildman–Crippen MR) is 83.1 cm³/mol. The van der Waals surface area contributed by atoms with E-state index in [0.29, 0.717) is 18.1 Å². The Bertz CT molecular complexity index is 630. The minimum Gasteiger partial charge on any atom is -0.490 e. The summed E-state index contributed by atoms with van der Waals surface area (Å²) in [5.41, 5.74) is 3.24. The highest BCUT2D eigenvalue weighted by molar-refractivity contribution is 5.82. The van der Waals surface area contributed by atoms with E-state index < -0.39 is 0 Å². The zero-order chi connectivity index (χ0) is 15.6. The van der Waals surface area contributed by atoms with E-state index in [-0.39, 0.29) is 12.5 Å². The lowest BCUT2D eigenvalue weighted by Gasteiger charge is -2.10. The summed E-state index contributed by atoms with van der Waals surface area (Å²) >= 11 is 0. The number of aromatic nitrogens is 1. The Labute approximate surface area is 128 Å². The normalized spacial score (nSPS) is 10.4. The molecule has 0 radical (unpaired) electrons. The molecule has 0 saturated heterocycles. The number of benzene rings is 1. The molecule has 1 aromatic heterocycles. The SMILES string of the molecule is CCOc1ccccc1OCC(=O)NN=Cc1ccncc1. The van der Waals surface area contributed by atoms with Crippen molar-refractivity contribution in [2.75, 3.05) is 13.2 Å². The summed E-state index contributed by atoms with van der Waals surface area (Å²) < 4.78 is 10.8. The van der Waals surface area contributed by atoms with Crippen LogP contribution in [0, 0.1) is 0 Å². The Balaban J connectivity index is 1.82. The van der Waals surface area contributed by atoms with Gasteiger partial charge in [0.15, 0.2) is 18.1 Å². The van der Waals surface area contributed by atoms with Crippen LogP contribution in [0.1, 0.15) is 12.5 Å². The van der Waals surface area contributed by atoms with Gasteiger partial charge in [-0.25, -0.2) is 5.43 Å². The molecule has 1 N–H and O–H groups in total. The van der Waals surface area contributed by atoms with E-state index in [1.54, 1.807) is 36.7 Å². The summed E-state index contributed by atoms with van der Waals surface area (Å²) in [6, 6.07) is 10.8. The topological polar surface area (TPSA) is 72.8 Å². The smallest absolute Gasteiger partial charge is 0.277 e. The second kappa shape index (κ2) is 8.41. The van der Waals surface area contributed by atoms with Crippen LogP contribution in [0.25, 0.3) is 0 Å². The lowest BCUT2D eigenvalue weighted by atomic mass is 10.3. The Morgan fingerprint density at radius 2 is 1.86 bits per heavy atom. The molecule has 0 saturated carbocycles. The Morgan fingerprint density at radius 3 is 2.55 bits per heavy atom. The summed E-state index contributed by atoms with van der Waals surface area (Å²) in [5, 5.41) is 3.85. The molecule has 0 spiro atoms. The molecule has 22 heavy (non-hydrogen) atoms. The van der Waals surface area contributed by atoms with Crippen LogP contribution >= 0.6 is 0 Å². The molecule has 2 rings (SSSR count). The van der Waals surface area contributed by atoms with Crippen LogP contribution in [0.3, 0.4) is 0 Å². The molecule has 0 aliphatic rings. The third-order valence-corrected chi connectivity index (χ3v) is 2.62. The highest BCUT2D eigenvalue weighted by Gasteiger charge is 2.06. The number of hydrazone groups is 1. The number of pyridine rings is 1. The van der Waals surface area contributed by atoms with Crippen LogP contribution in [-0.2, 0) is 4.79 Å². The van der Waals surface area contributed by atoms with E-state index in [2.05, 4.69) is 15.5 Å². The first-order valence-electron chi connectivity index (χ1n) is 6.86. The fourth-order valence-electron chi connectivity index (χ4n) is 1.65. The number of hydrogen-bond acceptors (Lipinski definition) is 5. The first kappa shape index (κ1) is 15.5. The van der Waals surface area contributed by atoms with Gasteiger partial charge in [0.2, 0.25) is 0 Å². The molecule has 1 heterocycles. The quantitative estimate of drug-likeness (QED) is 0.627. The van der Waals surface area contributed by atoms with Gasteiger partial charge in [-0.05, 0) is 36.8 Å². The molecule has 0 fully saturated rings. The lowest BCUT2D eigenvalue weighted by Crippen LogP contribution is -2.24. The number of nitrogens with one attached hydrogen (secondary N) is 1. The number of ether oxygens (including phenoxy) is 2. The maximum atomic E-state index is 11.7. The molecular formula is C16H17N3O3. The number of para-hydroxylation sites is 2. The number of amides is 1. The first-order valence-corrected chi connectivity index (χ1v) is 6.86. The summed E-state index contributed by atoms with van der Waals surface area (Å²) in [6.45, 7) is 2.28. The minimum atomic E-state index is -0.350. The van der Waals surface area contributed by atoms with Crippen molar-refractivity contribution in [1.29, 1.82) is 0 Å². The number of hydrogen-bond donors (Lipinski definition) is 1. The second-order valence-corrected chi connectivity index (χ2v) is 4.24. The zero-order valence-corrected chi connectivity index (χ0v) is 12.2. The van der Waals surface area contributed by atoms with Gasteiger partial charge in [-0.2, -0.15) is 5.10 Å². The fourth-order valence-corrected chi connectivity index (χ4v) is 1.65. The Morgan fingerprint density at radius 1 is 1.18 bits per heavy atom. The average molecular weight is 299 g/mol. The molecular weight excluding hydrogens is 282 g/mol. The fraction of sp³-hybridized carbons (Fsp3) is 0.188. The second-order valence-electron chi connectivity index (χ2n) is 4.24. The Hall–Kier alpha value is -2.89. The molecule has 0 bridgehead atoms. The molecule has 0 aliphatic carbocycles. The van der Waals surface area contributed by atoms with Gasteiger partial charge in [-0.15, -0.1) is 0 Å². The van der Waals surface area contributed by atoms with Crippen LogP contribution in [0.5, 0.6) is 11.5 Å². The van der Waals surface area contributed by atoms with Crippen LogP contribution in [0.15, 0.2) is 53.9 Å². The first-order chi connectivity index (χ1) is 10.8. The van der Waals surface area contributed by atoms with Crippen LogP contribution in [0.4, 0.5) is 0 Å². The van der Waals surface area contributed by atoms with Gasteiger partial charge in [-0.1, -0.05) is 12.1 Å². The van der Waals surface area contributed by atoms with Gasteiger partial charge in [0, 0.05) is 12.4 Å². The van der Waals surface area contributed by atoms with Gasteiger partial charge in [0.05, 0.1) is 12.8 Å². The average Bonchev–Trinajstić information content (AvgIpc) is 2.55. The number of carbonyl (C=O) groups excluding carboxylic acids is 1. The van der Waals surface area contributed by atoms with Crippen molar-refractivity contribution < 1.29 is 14.3 Å². The van der Waals surface area contributed by atoms with Gasteiger partial charge in [0.25, 0.3) is 5.91 Å². The summed E-state index contributed by atoms with van der Waals surface area (Å²) in [6.07, 6.45) is 4.83. The highest BCUT2D eigenvalue weighted by Crippen LogP contribution is 2.26. The molecule has 2 aromatic rings. The zero-order valence-electron chi connectivity index (χ0n) is 12.2. The molecule has 0 aliphatic heterocycles. The Kier molecular flexibility index (Phi) is 5.92. The van der Waals surface area contributed by atoms with Crippen LogP contribution < -0.4 is 14.9 Å². The summed E-state index contributed by atoms with van der Waals surface area (Å²) in [7, 11) is 0. The van der Waals surface area contributed by atoms with Crippen molar-refractivity contribution in [2.45, 2.75) is 6.92 Å². The molecule has 0 atom stereocenters. The van der Waals surface area contributed by atoms with Gasteiger partial charge in [-0.3, -0.25) is 9.78 Å². The van der Waals surface area contributed by atoms with E-state index in [1.807, 2.05) is 19.1 Å². The number of rotatable bonds is 7. The third kappa shape index (κ3) is 4.90. The van der Waals surface area contributed by atoms with Crippen molar-refractivity contribution in [3.8, 4) is 11.5 Å². The lowest BCUT2D eigenvalue weighted by molar-refractivity contribution is -0.123. The van der Waals surface area contributed by atoms with Crippen molar-refractivity contribution in [3.05, 3.63) is 54.4 Å². The molecule has 6 heteroatoms. The van der Waals surface area contributed by atoms with E-state index in [9.17, 15) is 4.79 Å². The third-order valence-electron chi connectivity index (χ3n) is 2.62. The van der Waals surface area contributed by atoms with Crippen LogP contribution in [0.2, 0.25) is 0 Å². The molecule has 1 aromatic carbocycles. The maximum absolute atomic E-state index is 11.7. The van der Waals surface area contributed by atoms with E-state index in [1.165, 1.54) is 6.21 Å². The van der Waals surface area contributed by atoms with Crippen molar-refractivity contribution in [2.24, 2.45) is 5.10 Å². The predicted octanol–water partition coefficient (Wildman–Crippen LogP) is 2.01. The van der Waals surface area contributed by atoms with E-state index >= 15 is 0 Å². The van der Waals surface area contributed by atoms with Crippen molar-refractivity contribution >= 4 is 12.1 Å². The van der Waals surface area contributed by atoms with Crippen molar-refractivity contribution in [1.82, 2.24) is 10.4 Å². The minimum absolute atomic E-state index is 0.141. The molecule has 6 nitrogen and oxygen atoms in total. The monoisotopic (exact) mass is 299 g/mol. The van der Waals surface area contributed by atoms with Gasteiger partial charge in [0.1, 0.15) is 0 Å². The summed E-state index contributed by atoms with van der Waals surface area (Å²) in [4.78, 5) is 15.6. The molecule has 1 amide bonds. The largest absolute Gasteiger partial charge is 0.490 e. The van der Waals surface area contributed by atoms with Crippen molar-refractivity contribution in [3.63, 3.8) is 0 Å².